The fourth-order valence-electron chi connectivity index (χ4n) is 7.37. The van der Waals surface area contributed by atoms with E-state index in [0.29, 0.717) is 23.0 Å². The molecule has 3 aromatic heterocycles. The Morgan fingerprint density at radius 3 is 2.04 bits per heavy atom. The van der Waals surface area contributed by atoms with Crippen molar-refractivity contribution in [1.29, 1.82) is 0 Å². The lowest BCUT2D eigenvalue weighted by molar-refractivity contribution is 0.483. The molecule has 258 valence electrons. The zero-order valence-electron chi connectivity index (χ0n) is 30.1. The second-order valence-electron chi connectivity index (χ2n) is 14.2. The molecule has 0 spiro atoms. The van der Waals surface area contributed by atoms with E-state index in [9.17, 15) is 0 Å². The van der Waals surface area contributed by atoms with Gasteiger partial charge in [0.25, 0.3) is 0 Å². The highest BCUT2D eigenvalue weighted by Crippen LogP contribution is 2.45. The van der Waals surface area contributed by atoms with E-state index in [0.717, 1.165) is 49.8 Å². The molecule has 0 bridgehead atoms. The molecule has 0 saturated heterocycles. The van der Waals surface area contributed by atoms with Crippen LogP contribution in [0.25, 0.3) is 78.0 Å². The van der Waals surface area contributed by atoms with E-state index in [1.54, 1.807) is 6.20 Å². The Kier molecular flexibility index (Phi) is 8.12. The van der Waals surface area contributed by atoms with Gasteiger partial charge in [0.15, 0.2) is 5.58 Å². The summed E-state index contributed by atoms with van der Waals surface area (Å²) >= 11 is 0. The average molecular weight is 691 g/mol. The molecule has 0 aliphatic heterocycles. The topological polar surface area (TPSA) is 61.3 Å². The number of oxazole rings is 1. The molecule has 0 aliphatic rings. The summed E-state index contributed by atoms with van der Waals surface area (Å²) in [5.74, 6) is 2.39. The minimum absolute atomic E-state index is 0.281. The summed E-state index contributed by atoms with van der Waals surface area (Å²) in [4.78, 5) is 9.64. The summed E-state index contributed by atoms with van der Waals surface area (Å²) in [6, 6.07) is 47.5. The summed E-state index contributed by atoms with van der Waals surface area (Å²) in [5, 5.41) is 1.92. The number of benzene rings is 6. The van der Waals surface area contributed by atoms with Crippen LogP contribution < -0.4 is 4.74 Å². The largest absolute Gasteiger partial charge is 0.457 e. The Morgan fingerprint density at radius 1 is 0.528 bits per heavy atom. The zero-order valence-corrected chi connectivity index (χ0v) is 30.1. The molecule has 0 amide bonds. The van der Waals surface area contributed by atoms with Crippen LogP contribution in [0.5, 0.6) is 11.5 Å². The van der Waals surface area contributed by atoms with Gasteiger partial charge in [-0.2, -0.15) is 0 Å². The maximum atomic E-state index is 6.88. The number of hydrogen-bond acceptors (Lipinski definition) is 5. The average Bonchev–Trinajstić information content (AvgIpc) is 3.80. The van der Waals surface area contributed by atoms with Crippen LogP contribution in [0.15, 0.2) is 155 Å². The lowest BCUT2D eigenvalue weighted by Crippen LogP contribution is -2.01. The number of aromatic nitrogens is 2. The molecule has 53 heavy (non-hydrogen) atoms. The van der Waals surface area contributed by atoms with Crippen LogP contribution in [0.2, 0.25) is 0 Å². The van der Waals surface area contributed by atoms with Crippen molar-refractivity contribution in [2.24, 2.45) is 0 Å². The summed E-state index contributed by atoms with van der Waals surface area (Å²) < 4.78 is 20.0. The van der Waals surface area contributed by atoms with E-state index in [2.05, 4.69) is 93.3 Å². The number of ether oxygens (including phenoxy) is 1. The molecule has 0 aliphatic carbocycles. The van der Waals surface area contributed by atoms with Crippen molar-refractivity contribution in [1.82, 2.24) is 9.97 Å². The number of furan rings is 1. The summed E-state index contributed by atoms with van der Waals surface area (Å²) in [6.07, 6.45) is 1.80. The first-order chi connectivity index (χ1) is 25.9. The number of fused-ring (bicyclic) bond motifs is 4. The van der Waals surface area contributed by atoms with Crippen molar-refractivity contribution in [3.8, 4) is 56.5 Å². The van der Waals surface area contributed by atoms with Gasteiger partial charge in [0, 0.05) is 28.1 Å². The molecular formula is C48H38N2O3. The van der Waals surface area contributed by atoms with Crippen LogP contribution in [-0.2, 0) is 0 Å². The second kappa shape index (κ2) is 13.3. The predicted molar refractivity (Wildman–Crippen MR) is 216 cm³/mol. The lowest BCUT2D eigenvalue weighted by atomic mass is 9.82. The van der Waals surface area contributed by atoms with Gasteiger partial charge < -0.3 is 13.6 Å². The minimum Gasteiger partial charge on any atom is -0.457 e. The molecule has 6 aromatic carbocycles. The zero-order chi connectivity index (χ0) is 36.1. The van der Waals surface area contributed by atoms with Crippen molar-refractivity contribution in [2.75, 3.05) is 0 Å². The molecular weight excluding hydrogens is 653 g/mol. The highest BCUT2D eigenvalue weighted by Gasteiger charge is 2.24. The Hall–Kier alpha value is -6.46. The van der Waals surface area contributed by atoms with Gasteiger partial charge in [-0.15, -0.1) is 0 Å². The summed E-state index contributed by atoms with van der Waals surface area (Å²) in [7, 11) is 0. The van der Waals surface area contributed by atoms with Crippen LogP contribution in [0.4, 0.5) is 0 Å². The van der Waals surface area contributed by atoms with Crippen LogP contribution in [0, 0.1) is 0 Å². The van der Waals surface area contributed by atoms with Crippen LogP contribution in [0.3, 0.4) is 0 Å². The van der Waals surface area contributed by atoms with Crippen LogP contribution >= 0.6 is 0 Å². The SMILES string of the molecule is CC(C)c1cc(-c2ccccc2)cc(C(C)C)c1-c1cccc2nc(-c3cc(Oc4cccc(-c5ccccn5)c4)cc4c3oc3ccccc34)oc12. The first kappa shape index (κ1) is 32.4. The Balaban J connectivity index is 1.21. The third-order valence-electron chi connectivity index (χ3n) is 9.95. The van der Waals surface area contributed by atoms with Crippen LogP contribution in [0.1, 0.15) is 50.7 Å². The lowest BCUT2D eigenvalue weighted by Gasteiger charge is -2.22. The third-order valence-corrected chi connectivity index (χ3v) is 9.95. The van der Waals surface area contributed by atoms with Gasteiger partial charge in [-0.1, -0.05) is 119 Å². The highest BCUT2D eigenvalue weighted by molar-refractivity contribution is 6.10. The van der Waals surface area contributed by atoms with E-state index in [1.807, 2.05) is 78.9 Å². The fourth-order valence-corrected chi connectivity index (χ4v) is 7.37. The highest BCUT2D eigenvalue weighted by atomic mass is 16.5. The van der Waals surface area contributed by atoms with E-state index >= 15 is 0 Å². The number of pyridine rings is 1. The smallest absolute Gasteiger partial charge is 0.231 e. The van der Waals surface area contributed by atoms with Crippen LogP contribution in [-0.4, -0.2) is 9.97 Å². The molecule has 0 radical (unpaired) electrons. The second-order valence-corrected chi connectivity index (χ2v) is 14.2. The number of nitrogens with zero attached hydrogens (tertiary/aromatic N) is 2. The first-order valence-corrected chi connectivity index (χ1v) is 18.2. The van der Waals surface area contributed by atoms with Gasteiger partial charge >= 0.3 is 0 Å². The molecule has 0 unspecified atom stereocenters. The van der Waals surface area contributed by atoms with Crippen molar-refractivity contribution in [2.45, 2.75) is 39.5 Å². The molecule has 5 nitrogen and oxygen atoms in total. The van der Waals surface area contributed by atoms with Gasteiger partial charge in [0.2, 0.25) is 5.89 Å². The van der Waals surface area contributed by atoms with Crippen molar-refractivity contribution < 1.29 is 13.6 Å². The normalized spacial score (nSPS) is 11.7. The molecule has 0 N–H and O–H groups in total. The summed E-state index contributed by atoms with van der Waals surface area (Å²) in [5.41, 5.74) is 12.8. The maximum absolute atomic E-state index is 6.88. The van der Waals surface area contributed by atoms with Gasteiger partial charge in [-0.25, -0.2) is 4.98 Å². The van der Waals surface area contributed by atoms with E-state index < -0.39 is 0 Å². The molecule has 3 heterocycles. The Bertz CT molecular complexity index is 2730. The predicted octanol–water partition coefficient (Wildman–Crippen LogP) is 13.8. The van der Waals surface area contributed by atoms with Gasteiger partial charge in [0.1, 0.15) is 28.2 Å². The molecule has 5 heteroatoms. The number of para-hydroxylation sites is 2. The number of rotatable bonds is 8. The van der Waals surface area contributed by atoms with Crippen molar-refractivity contribution in [3.05, 3.63) is 157 Å². The maximum Gasteiger partial charge on any atom is 0.231 e. The molecule has 0 saturated carbocycles. The minimum atomic E-state index is 0.281. The van der Waals surface area contributed by atoms with Gasteiger partial charge in [-0.3, -0.25) is 4.98 Å². The molecule has 0 fully saturated rings. The quantitative estimate of drug-likeness (QED) is 0.159. The fraction of sp³-hybridized carbons (Fsp3) is 0.125. The molecule has 9 rings (SSSR count). The van der Waals surface area contributed by atoms with Crippen molar-refractivity contribution >= 4 is 33.0 Å². The monoisotopic (exact) mass is 690 g/mol. The van der Waals surface area contributed by atoms with Crippen molar-refractivity contribution in [3.63, 3.8) is 0 Å². The third kappa shape index (κ3) is 5.94. The Labute approximate surface area is 308 Å². The van der Waals surface area contributed by atoms with Gasteiger partial charge in [-0.05, 0) is 88.2 Å². The first-order valence-electron chi connectivity index (χ1n) is 18.2. The number of hydrogen-bond donors (Lipinski definition) is 0. The standard InChI is InChI=1S/C48H38N2O3/c1-29(2)38-25-33(31-14-6-5-7-15-31)26-39(30(3)4)45(38)37-19-13-21-43-47(37)53-48(50-43)41-28-35(27-40-36-18-8-9-22-44(36)52-46(40)41)51-34-17-12-16-32(24-34)42-20-10-11-23-49-42/h5-30H,1-4H3. The molecule has 0 atom stereocenters. The van der Waals surface area contributed by atoms with E-state index in [1.165, 1.54) is 27.8 Å². The summed E-state index contributed by atoms with van der Waals surface area (Å²) in [6.45, 7) is 9.05. The van der Waals surface area contributed by atoms with E-state index in [4.69, 9.17) is 18.6 Å². The molecule has 9 aromatic rings. The van der Waals surface area contributed by atoms with E-state index in [-0.39, 0.29) is 11.8 Å². The van der Waals surface area contributed by atoms with Gasteiger partial charge in [0.05, 0.1) is 11.3 Å². The Morgan fingerprint density at radius 2 is 1.26 bits per heavy atom.